The maximum absolute atomic E-state index is 11.7. The molecule has 1 aliphatic carbocycles. The van der Waals surface area contributed by atoms with Gasteiger partial charge < -0.3 is 5.11 Å². The highest BCUT2D eigenvalue weighted by atomic mass is 32.2. The first-order valence-electron chi connectivity index (χ1n) is 5.66. The largest absolute Gasteiger partial charge is 0.396 e. The Morgan fingerprint density at radius 2 is 2.00 bits per heavy atom. The molecular weight excluding hydrogens is 214 g/mol. The van der Waals surface area contributed by atoms with Crippen LogP contribution in [0.15, 0.2) is 0 Å². The van der Waals surface area contributed by atoms with Gasteiger partial charge in [0.15, 0.2) is 0 Å². The molecule has 4 nitrogen and oxygen atoms in total. The van der Waals surface area contributed by atoms with Gasteiger partial charge in [-0.25, -0.2) is 13.1 Å². The van der Waals surface area contributed by atoms with Gasteiger partial charge in [0, 0.05) is 12.1 Å². The van der Waals surface area contributed by atoms with Gasteiger partial charge in [-0.3, -0.25) is 0 Å². The Bertz CT molecular complexity index is 278. The number of unbranched alkanes of at least 4 members (excludes halogenated alkanes) is 1. The summed E-state index contributed by atoms with van der Waals surface area (Å²) in [6.45, 7) is 2.09. The van der Waals surface area contributed by atoms with Crippen LogP contribution >= 0.6 is 0 Å². The molecule has 2 N–H and O–H groups in total. The van der Waals surface area contributed by atoms with E-state index in [1.807, 2.05) is 6.92 Å². The molecule has 0 spiro atoms. The fourth-order valence-corrected chi connectivity index (χ4v) is 3.61. The molecule has 0 unspecified atom stereocenters. The lowest BCUT2D eigenvalue weighted by molar-refractivity contribution is 0.213. The highest BCUT2D eigenvalue weighted by Gasteiger charge is 2.38. The lowest BCUT2D eigenvalue weighted by atomic mass is 9.76. The van der Waals surface area contributed by atoms with Crippen molar-refractivity contribution in [3.63, 3.8) is 0 Å². The molecule has 1 aliphatic rings. The molecule has 0 aliphatic heterocycles. The smallest absolute Gasteiger partial charge is 0.212 e. The first kappa shape index (κ1) is 12.9. The Kier molecular flexibility index (Phi) is 4.55. The SMILES string of the molecule is CCC1(NS(=O)(=O)CCCCO)CCC1. The summed E-state index contributed by atoms with van der Waals surface area (Å²) in [5.41, 5.74) is -0.155. The second kappa shape index (κ2) is 5.27. The number of sulfonamides is 1. The van der Waals surface area contributed by atoms with E-state index in [-0.39, 0.29) is 17.9 Å². The number of hydrogen-bond acceptors (Lipinski definition) is 3. The quantitative estimate of drug-likeness (QED) is 0.647. The summed E-state index contributed by atoms with van der Waals surface area (Å²) in [5, 5.41) is 8.58. The van der Waals surface area contributed by atoms with E-state index in [2.05, 4.69) is 4.72 Å². The monoisotopic (exact) mass is 235 g/mol. The molecule has 0 saturated heterocycles. The van der Waals surface area contributed by atoms with E-state index in [1.54, 1.807) is 0 Å². The summed E-state index contributed by atoms with van der Waals surface area (Å²) in [5.74, 6) is 0.134. The summed E-state index contributed by atoms with van der Waals surface area (Å²) in [6, 6.07) is 0. The van der Waals surface area contributed by atoms with E-state index in [0.717, 1.165) is 25.7 Å². The van der Waals surface area contributed by atoms with Crippen molar-refractivity contribution in [2.45, 2.75) is 51.0 Å². The van der Waals surface area contributed by atoms with Crippen LogP contribution in [0.3, 0.4) is 0 Å². The van der Waals surface area contributed by atoms with Crippen molar-refractivity contribution in [2.24, 2.45) is 0 Å². The topological polar surface area (TPSA) is 66.4 Å². The molecule has 0 atom stereocenters. The van der Waals surface area contributed by atoms with Gasteiger partial charge in [-0.15, -0.1) is 0 Å². The van der Waals surface area contributed by atoms with Gasteiger partial charge in [0.1, 0.15) is 0 Å². The van der Waals surface area contributed by atoms with Crippen LogP contribution < -0.4 is 4.72 Å². The second-order valence-corrected chi connectivity index (χ2v) is 6.18. The van der Waals surface area contributed by atoms with Gasteiger partial charge in [0.2, 0.25) is 10.0 Å². The van der Waals surface area contributed by atoms with Gasteiger partial charge in [-0.2, -0.15) is 0 Å². The van der Waals surface area contributed by atoms with Gasteiger partial charge >= 0.3 is 0 Å². The van der Waals surface area contributed by atoms with Crippen molar-refractivity contribution in [3.05, 3.63) is 0 Å². The first-order chi connectivity index (χ1) is 7.04. The van der Waals surface area contributed by atoms with Crippen LogP contribution in [0.1, 0.15) is 45.4 Å². The van der Waals surface area contributed by atoms with Crippen molar-refractivity contribution in [1.82, 2.24) is 4.72 Å². The first-order valence-corrected chi connectivity index (χ1v) is 7.31. The van der Waals surface area contributed by atoms with Crippen molar-refractivity contribution in [3.8, 4) is 0 Å². The van der Waals surface area contributed by atoms with E-state index >= 15 is 0 Å². The molecule has 15 heavy (non-hydrogen) atoms. The van der Waals surface area contributed by atoms with Gasteiger partial charge in [-0.05, 0) is 38.5 Å². The third-order valence-electron chi connectivity index (χ3n) is 3.18. The maximum atomic E-state index is 11.7. The lowest BCUT2D eigenvalue weighted by Crippen LogP contribution is -2.53. The number of hydrogen-bond donors (Lipinski definition) is 2. The van der Waals surface area contributed by atoms with Gasteiger partial charge in [-0.1, -0.05) is 6.92 Å². The minimum absolute atomic E-state index is 0.0639. The van der Waals surface area contributed by atoms with Crippen molar-refractivity contribution in [1.29, 1.82) is 0 Å². The fraction of sp³-hybridized carbons (Fsp3) is 1.00. The predicted molar refractivity (Wildman–Crippen MR) is 60.1 cm³/mol. The van der Waals surface area contributed by atoms with Gasteiger partial charge in [0.05, 0.1) is 5.75 Å². The summed E-state index contributed by atoms with van der Waals surface area (Å²) in [7, 11) is -3.15. The molecule has 0 aromatic rings. The van der Waals surface area contributed by atoms with E-state index < -0.39 is 10.0 Å². The summed E-state index contributed by atoms with van der Waals surface area (Å²) in [6.07, 6.45) is 5.00. The van der Waals surface area contributed by atoms with Crippen LogP contribution in [0.4, 0.5) is 0 Å². The average molecular weight is 235 g/mol. The highest BCUT2D eigenvalue weighted by molar-refractivity contribution is 7.89. The Morgan fingerprint density at radius 3 is 2.40 bits per heavy atom. The zero-order valence-electron chi connectivity index (χ0n) is 9.33. The standard InChI is InChI=1S/C10H21NO3S/c1-2-10(6-5-7-10)11-15(13,14)9-4-3-8-12/h11-12H,2-9H2,1H3. The fourth-order valence-electron chi connectivity index (χ4n) is 1.92. The summed E-state index contributed by atoms with van der Waals surface area (Å²) >= 11 is 0. The third kappa shape index (κ3) is 3.74. The van der Waals surface area contributed by atoms with E-state index in [9.17, 15) is 8.42 Å². The van der Waals surface area contributed by atoms with E-state index in [1.165, 1.54) is 0 Å². The van der Waals surface area contributed by atoms with E-state index in [4.69, 9.17) is 5.11 Å². The Balaban J connectivity index is 2.41. The number of nitrogens with one attached hydrogen (secondary N) is 1. The lowest BCUT2D eigenvalue weighted by Gasteiger charge is -2.41. The molecule has 0 aromatic heterocycles. The Morgan fingerprint density at radius 1 is 1.33 bits per heavy atom. The Labute approximate surface area is 92.1 Å². The van der Waals surface area contributed by atoms with Crippen LogP contribution in [0.5, 0.6) is 0 Å². The van der Waals surface area contributed by atoms with Crippen LogP contribution in [0, 0.1) is 0 Å². The van der Waals surface area contributed by atoms with Crippen LogP contribution in [0.2, 0.25) is 0 Å². The van der Waals surface area contributed by atoms with Crippen molar-refractivity contribution >= 4 is 10.0 Å². The molecule has 90 valence electrons. The normalized spacial score (nSPS) is 19.9. The molecule has 0 aromatic carbocycles. The van der Waals surface area contributed by atoms with Crippen molar-refractivity contribution in [2.75, 3.05) is 12.4 Å². The molecule has 1 saturated carbocycles. The number of aliphatic hydroxyl groups is 1. The molecule has 5 heteroatoms. The summed E-state index contributed by atoms with van der Waals surface area (Å²) in [4.78, 5) is 0. The second-order valence-electron chi connectivity index (χ2n) is 4.34. The molecule has 1 fully saturated rings. The van der Waals surface area contributed by atoms with Gasteiger partial charge in [0.25, 0.3) is 0 Å². The average Bonchev–Trinajstić information content (AvgIpc) is 2.12. The molecule has 0 amide bonds. The highest BCUT2D eigenvalue weighted by Crippen LogP contribution is 2.35. The zero-order valence-corrected chi connectivity index (χ0v) is 10.1. The van der Waals surface area contributed by atoms with E-state index in [0.29, 0.717) is 12.8 Å². The molecule has 0 radical (unpaired) electrons. The van der Waals surface area contributed by atoms with Crippen LogP contribution in [-0.2, 0) is 10.0 Å². The van der Waals surface area contributed by atoms with Crippen LogP contribution in [0.25, 0.3) is 0 Å². The molecule has 0 bridgehead atoms. The molecular formula is C10H21NO3S. The Hall–Kier alpha value is -0.130. The van der Waals surface area contributed by atoms with Crippen molar-refractivity contribution < 1.29 is 13.5 Å². The number of rotatable bonds is 7. The molecule has 1 rings (SSSR count). The maximum Gasteiger partial charge on any atom is 0.212 e. The number of aliphatic hydroxyl groups excluding tert-OH is 1. The predicted octanol–water partition coefficient (Wildman–Crippen LogP) is 1.01. The zero-order chi connectivity index (χ0) is 11.4. The minimum atomic E-state index is -3.15. The van der Waals surface area contributed by atoms with Crippen LogP contribution in [-0.4, -0.2) is 31.4 Å². The third-order valence-corrected chi connectivity index (χ3v) is 4.75. The minimum Gasteiger partial charge on any atom is -0.396 e. The summed E-state index contributed by atoms with van der Waals surface area (Å²) < 4.78 is 26.2. The molecule has 0 heterocycles.